The molecule has 0 amide bonds. The highest BCUT2D eigenvalue weighted by Gasteiger charge is 2.25. The van der Waals surface area contributed by atoms with Crippen LogP contribution >= 0.6 is 7.82 Å². The number of phosphoric ester groups is 1. The van der Waals surface area contributed by atoms with Crippen molar-refractivity contribution in [1.29, 1.82) is 0 Å². The fourth-order valence-corrected chi connectivity index (χ4v) is 6.20. The molecule has 3 N–H and O–H groups in total. The zero-order chi connectivity index (χ0) is 35.2. The average Bonchev–Trinajstić information content (AvgIpc) is 3.07. The van der Waals surface area contributed by atoms with Crippen LogP contribution in [0.4, 0.5) is 0 Å². The number of esters is 1. The van der Waals surface area contributed by atoms with Gasteiger partial charge >= 0.3 is 13.8 Å². The molecule has 2 unspecified atom stereocenters. The van der Waals surface area contributed by atoms with Gasteiger partial charge in [0.15, 0.2) is 0 Å². The molecule has 0 bridgehead atoms. The molecule has 2 atom stereocenters. The first-order valence-corrected chi connectivity index (χ1v) is 21.3. The van der Waals surface area contributed by atoms with Gasteiger partial charge in [-0.05, 0) is 44.9 Å². The van der Waals surface area contributed by atoms with Crippen LogP contribution in [-0.4, -0.2) is 49.9 Å². The molecule has 284 valence electrons. The summed E-state index contributed by atoms with van der Waals surface area (Å²) in [6, 6.07) is 0. The SMILES string of the molecule is CCCCCC/C=C\C/C=C\CCCCCCCCCC(=O)OC(COCCCCCCCCCCCCC)COP(=O)(O)OCCN. The highest BCUT2D eigenvalue weighted by atomic mass is 31.2. The standard InChI is InChI=1S/C39H76NO7P/c1-3-5-7-9-11-13-15-16-17-18-19-20-21-22-24-26-28-30-32-39(41)47-38(37-46-48(42,43)45-35-33-40)36-44-34-31-29-27-25-23-14-12-10-8-6-4-2/h13,15,17-18,38H,3-12,14,16,19-37,40H2,1-2H3,(H,42,43)/b15-13-,18-17-. The third-order valence-corrected chi connectivity index (χ3v) is 9.36. The minimum atomic E-state index is -4.27. The molecule has 0 aromatic rings. The van der Waals surface area contributed by atoms with Crippen molar-refractivity contribution in [2.45, 2.75) is 187 Å². The maximum absolute atomic E-state index is 12.5. The molecule has 0 aliphatic carbocycles. The lowest BCUT2D eigenvalue weighted by Crippen LogP contribution is -2.28. The van der Waals surface area contributed by atoms with Crippen LogP contribution in [0.25, 0.3) is 0 Å². The van der Waals surface area contributed by atoms with E-state index in [0.717, 1.165) is 44.9 Å². The van der Waals surface area contributed by atoms with E-state index in [9.17, 15) is 14.3 Å². The lowest BCUT2D eigenvalue weighted by molar-refractivity contribution is -0.154. The summed E-state index contributed by atoms with van der Waals surface area (Å²) in [5.41, 5.74) is 5.35. The van der Waals surface area contributed by atoms with Gasteiger partial charge < -0.3 is 20.1 Å². The van der Waals surface area contributed by atoms with Crippen LogP contribution in [0.2, 0.25) is 0 Å². The van der Waals surface area contributed by atoms with E-state index in [2.05, 4.69) is 38.2 Å². The van der Waals surface area contributed by atoms with Gasteiger partial charge in [-0.25, -0.2) is 4.57 Å². The van der Waals surface area contributed by atoms with Gasteiger partial charge in [-0.3, -0.25) is 13.8 Å². The summed E-state index contributed by atoms with van der Waals surface area (Å²) >= 11 is 0. The van der Waals surface area contributed by atoms with Gasteiger partial charge in [-0.1, -0.05) is 154 Å². The molecule has 0 aliphatic rings. The second-order valence-electron chi connectivity index (χ2n) is 13.1. The van der Waals surface area contributed by atoms with E-state index in [1.807, 2.05) is 0 Å². The Kier molecular flexibility index (Phi) is 36.4. The predicted molar refractivity (Wildman–Crippen MR) is 201 cm³/mol. The Labute approximate surface area is 296 Å². The summed E-state index contributed by atoms with van der Waals surface area (Å²) in [5, 5.41) is 0. The summed E-state index contributed by atoms with van der Waals surface area (Å²) in [7, 11) is -4.27. The molecule has 8 nitrogen and oxygen atoms in total. The number of carbonyl (C=O) groups is 1. The second-order valence-corrected chi connectivity index (χ2v) is 14.6. The highest BCUT2D eigenvalue weighted by Crippen LogP contribution is 2.43. The first-order valence-electron chi connectivity index (χ1n) is 19.8. The van der Waals surface area contributed by atoms with E-state index in [-0.39, 0.29) is 32.3 Å². The molecule has 0 heterocycles. The quantitative estimate of drug-likeness (QED) is 0.0283. The molecule has 0 aromatic heterocycles. The van der Waals surface area contributed by atoms with Crippen molar-refractivity contribution >= 4 is 13.8 Å². The lowest BCUT2D eigenvalue weighted by Gasteiger charge is -2.20. The Morgan fingerprint density at radius 3 is 1.65 bits per heavy atom. The maximum atomic E-state index is 12.5. The molecule has 0 rings (SSSR count). The van der Waals surface area contributed by atoms with Crippen molar-refractivity contribution < 1.29 is 32.8 Å². The molecule has 0 saturated carbocycles. The van der Waals surface area contributed by atoms with Crippen molar-refractivity contribution in [3.63, 3.8) is 0 Å². The van der Waals surface area contributed by atoms with Crippen LogP contribution < -0.4 is 5.73 Å². The van der Waals surface area contributed by atoms with Gasteiger partial charge in [0.1, 0.15) is 6.10 Å². The van der Waals surface area contributed by atoms with Crippen molar-refractivity contribution in [1.82, 2.24) is 0 Å². The largest absolute Gasteiger partial charge is 0.472 e. The van der Waals surface area contributed by atoms with Crippen LogP contribution in [0.1, 0.15) is 181 Å². The first kappa shape index (κ1) is 47.0. The van der Waals surface area contributed by atoms with Crippen molar-refractivity contribution in [2.75, 3.05) is 33.0 Å². The van der Waals surface area contributed by atoms with Crippen LogP contribution in [0.5, 0.6) is 0 Å². The Balaban J connectivity index is 4.05. The fraction of sp³-hybridized carbons (Fsp3) is 0.872. The Bertz CT molecular complexity index is 792. The van der Waals surface area contributed by atoms with Crippen molar-refractivity contribution in [3.05, 3.63) is 24.3 Å². The molecule has 0 aliphatic heterocycles. The average molecular weight is 702 g/mol. The Morgan fingerprint density at radius 2 is 1.10 bits per heavy atom. The second kappa shape index (κ2) is 37.2. The smallest absolute Gasteiger partial charge is 0.457 e. The zero-order valence-corrected chi connectivity index (χ0v) is 32.1. The molecule has 0 spiro atoms. The number of rotatable bonds is 38. The first-order chi connectivity index (χ1) is 23.4. The maximum Gasteiger partial charge on any atom is 0.472 e. The number of carbonyl (C=O) groups excluding carboxylic acids is 1. The molecule has 0 radical (unpaired) electrons. The summed E-state index contributed by atoms with van der Waals surface area (Å²) in [5.74, 6) is -0.337. The van der Waals surface area contributed by atoms with Crippen LogP contribution in [0.15, 0.2) is 24.3 Å². The van der Waals surface area contributed by atoms with E-state index in [1.165, 1.54) is 116 Å². The number of phosphoric acid groups is 1. The van der Waals surface area contributed by atoms with E-state index < -0.39 is 13.9 Å². The Morgan fingerprint density at radius 1 is 0.625 bits per heavy atom. The van der Waals surface area contributed by atoms with Crippen LogP contribution in [0.3, 0.4) is 0 Å². The van der Waals surface area contributed by atoms with E-state index >= 15 is 0 Å². The molecular weight excluding hydrogens is 625 g/mol. The summed E-state index contributed by atoms with van der Waals surface area (Å²) in [4.78, 5) is 22.4. The molecule has 0 saturated heterocycles. The minimum absolute atomic E-state index is 0.0954. The molecule has 0 fully saturated rings. The molecule has 9 heteroatoms. The molecule has 48 heavy (non-hydrogen) atoms. The van der Waals surface area contributed by atoms with Crippen LogP contribution in [0, 0.1) is 0 Å². The summed E-state index contributed by atoms with van der Waals surface area (Å²) in [6.07, 6.45) is 39.0. The van der Waals surface area contributed by atoms with Crippen molar-refractivity contribution in [2.24, 2.45) is 5.73 Å². The monoisotopic (exact) mass is 702 g/mol. The topological polar surface area (TPSA) is 117 Å². The van der Waals surface area contributed by atoms with Gasteiger partial charge in [-0.2, -0.15) is 0 Å². The minimum Gasteiger partial charge on any atom is -0.457 e. The number of allylic oxidation sites excluding steroid dienone is 4. The predicted octanol–water partition coefficient (Wildman–Crippen LogP) is 11.3. The zero-order valence-electron chi connectivity index (χ0n) is 31.2. The summed E-state index contributed by atoms with van der Waals surface area (Å²) in [6.45, 7) is 4.90. The van der Waals surface area contributed by atoms with Gasteiger partial charge in [0.2, 0.25) is 0 Å². The van der Waals surface area contributed by atoms with Gasteiger partial charge in [0.25, 0.3) is 0 Å². The van der Waals surface area contributed by atoms with Gasteiger partial charge in [0.05, 0.1) is 19.8 Å². The number of ether oxygens (including phenoxy) is 2. The molecular formula is C39H76NO7P. The normalized spacial score (nSPS) is 13.8. The van der Waals surface area contributed by atoms with Gasteiger partial charge in [-0.15, -0.1) is 0 Å². The van der Waals surface area contributed by atoms with Crippen molar-refractivity contribution in [3.8, 4) is 0 Å². The van der Waals surface area contributed by atoms with Gasteiger partial charge in [0, 0.05) is 19.6 Å². The lowest BCUT2D eigenvalue weighted by atomic mass is 10.1. The number of nitrogens with two attached hydrogens (primary N) is 1. The van der Waals surface area contributed by atoms with Crippen LogP contribution in [-0.2, 0) is 27.9 Å². The Hall–Kier alpha value is -1.02. The molecule has 0 aromatic carbocycles. The third kappa shape index (κ3) is 36.3. The fourth-order valence-electron chi connectivity index (χ4n) is 5.44. The highest BCUT2D eigenvalue weighted by molar-refractivity contribution is 7.47. The third-order valence-electron chi connectivity index (χ3n) is 8.37. The number of hydrogen-bond acceptors (Lipinski definition) is 7. The van der Waals surface area contributed by atoms with E-state index in [1.54, 1.807) is 0 Å². The van der Waals surface area contributed by atoms with E-state index in [0.29, 0.717) is 13.0 Å². The number of unbranched alkanes of at least 4 members (excludes halogenated alkanes) is 21. The summed E-state index contributed by atoms with van der Waals surface area (Å²) < 4.78 is 33.3. The number of hydrogen-bond donors (Lipinski definition) is 2. The van der Waals surface area contributed by atoms with E-state index in [4.69, 9.17) is 24.3 Å².